The van der Waals surface area contributed by atoms with Crippen molar-refractivity contribution in [3.63, 3.8) is 0 Å². The molecule has 7 nitrogen and oxygen atoms in total. The van der Waals surface area contributed by atoms with E-state index < -0.39 is 0 Å². The van der Waals surface area contributed by atoms with Gasteiger partial charge < -0.3 is 14.8 Å². The van der Waals surface area contributed by atoms with E-state index in [1.807, 2.05) is 19.1 Å². The molecule has 150 valence electrons. The first-order valence-electron chi connectivity index (χ1n) is 9.62. The van der Waals surface area contributed by atoms with Crippen molar-refractivity contribution in [2.75, 3.05) is 32.1 Å². The zero-order valence-electron chi connectivity index (χ0n) is 16.4. The maximum absolute atomic E-state index is 11.0. The zero-order chi connectivity index (χ0) is 19.9. The number of nitrogens with one attached hydrogen (secondary N) is 1. The van der Waals surface area contributed by atoms with E-state index in [0.29, 0.717) is 18.0 Å². The third-order valence-electron chi connectivity index (χ3n) is 4.98. The summed E-state index contributed by atoms with van der Waals surface area (Å²) in [6.07, 6.45) is 1.95. The largest absolute Gasteiger partial charge is 0.495 e. The lowest BCUT2D eigenvalue weighted by molar-refractivity contribution is -0.384. The molecule has 1 heterocycles. The van der Waals surface area contributed by atoms with Crippen molar-refractivity contribution in [1.82, 2.24) is 4.90 Å². The maximum atomic E-state index is 11.0. The number of anilines is 1. The molecule has 0 aliphatic carbocycles. The van der Waals surface area contributed by atoms with Crippen molar-refractivity contribution in [3.8, 4) is 11.5 Å². The van der Waals surface area contributed by atoms with E-state index in [1.165, 1.54) is 11.6 Å². The highest BCUT2D eigenvalue weighted by molar-refractivity contribution is 5.62. The SMILES string of the molecule is CCOc1ccc(CN2CCC(Nc3cc([N+](=O)[O-])ccc3OC)CC2)cc1. The van der Waals surface area contributed by atoms with Crippen molar-refractivity contribution in [2.45, 2.75) is 32.4 Å². The average molecular weight is 385 g/mol. The van der Waals surface area contributed by atoms with Gasteiger partial charge in [0.1, 0.15) is 11.5 Å². The van der Waals surface area contributed by atoms with E-state index in [0.717, 1.165) is 38.2 Å². The van der Waals surface area contributed by atoms with Crippen molar-refractivity contribution >= 4 is 11.4 Å². The summed E-state index contributed by atoms with van der Waals surface area (Å²) in [5.74, 6) is 1.53. The molecule has 1 saturated heterocycles. The molecular formula is C21H27N3O4. The minimum Gasteiger partial charge on any atom is -0.495 e. The number of nitro benzene ring substituents is 1. The van der Waals surface area contributed by atoms with Gasteiger partial charge in [0.25, 0.3) is 5.69 Å². The van der Waals surface area contributed by atoms with Crippen LogP contribution in [0.2, 0.25) is 0 Å². The average Bonchev–Trinajstić information content (AvgIpc) is 2.71. The Kier molecular flexibility index (Phi) is 6.71. The minimum atomic E-state index is -0.385. The van der Waals surface area contributed by atoms with Gasteiger partial charge in [-0.25, -0.2) is 0 Å². The number of methoxy groups -OCH3 is 1. The quantitative estimate of drug-likeness (QED) is 0.545. The molecule has 1 aliphatic heterocycles. The summed E-state index contributed by atoms with van der Waals surface area (Å²) in [6.45, 7) is 5.52. The second-order valence-corrected chi connectivity index (χ2v) is 6.91. The molecule has 1 aliphatic rings. The molecule has 0 atom stereocenters. The van der Waals surface area contributed by atoms with Crippen LogP contribution in [0.25, 0.3) is 0 Å². The van der Waals surface area contributed by atoms with Gasteiger partial charge in [0.05, 0.1) is 24.3 Å². The molecule has 1 N–H and O–H groups in total. The van der Waals surface area contributed by atoms with Gasteiger partial charge in [-0.2, -0.15) is 0 Å². The highest BCUT2D eigenvalue weighted by Crippen LogP contribution is 2.31. The third-order valence-corrected chi connectivity index (χ3v) is 4.98. The van der Waals surface area contributed by atoms with E-state index in [-0.39, 0.29) is 16.7 Å². The monoisotopic (exact) mass is 385 g/mol. The number of nitrogens with zero attached hydrogens (tertiary/aromatic N) is 2. The van der Waals surface area contributed by atoms with Crippen LogP contribution in [-0.2, 0) is 6.54 Å². The minimum absolute atomic E-state index is 0.0660. The van der Waals surface area contributed by atoms with Crippen LogP contribution in [-0.4, -0.2) is 42.7 Å². The standard InChI is InChI=1S/C21H27N3O4/c1-3-28-19-7-4-16(5-8-19)15-23-12-10-17(11-13-23)22-20-14-18(24(25)26)6-9-21(20)27-2/h4-9,14,17,22H,3,10-13,15H2,1-2H3. The molecular weight excluding hydrogens is 358 g/mol. The van der Waals surface area contributed by atoms with E-state index in [9.17, 15) is 10.1 Å². The first-order chi connectivity index (χ1) is 13.6. The first kappa shape index (κ1) is 19.9. The van der Waals surface area contributed by atoms with Gasteiger partial charge in [-0.3, -0.25) is 15.0 Å². The van der Waals surface area contributed by atoms with Gasteiger partial charge in [-0.15, -0.1) is 0 Å². The highest BCUT2D eigenvalue weighted by atomic mass is 16.6. The molecule has 2 aromatic rings. The summed E-state index contributed by atoms with van der Waals surface area (Å²) in [4.78, 5) is 13.1. The van der Waals surface area contributed by atoms with E-state index in [1.54, 1.807) is 19.2 Å². The number of hydrogen-bond acceptors (Lipinski definition) is 6. The number of nitro groups is 1. The Balaban J connectivity index is 1.54. The van der Waals surface area contributed by atoms with Crippen LogP contribution in [0.15, 0.2) is 42.5 Å². The topological polar surface area (TPSA) is 76.9 Å². The number of likely N-dealkylation sites (tertiary alicyclic amines) is 1. The van der Waals surface area contributed by atoms with Crippen molar-refractivity contribution in [1.29, 1.82) is 0 Å². The Labute approximate surface area is 165 Å². The Bertz CT molecular complexity index is 787. The summed E-state index contributed by atoms with van der Waals surface area (Å²) in [5.41, 5.74) is 2.02. The highest BCUT2D eigenvalue weighted by Gasteiger charge is 2.21. The van der Waals surface area contributed by atoms with Crippen LogP contribution < -0.4 is 14.8 Å². The molecule has 0 radical (unpaired) electrons. The predicted octanol–water partition coefficient (Wildman–Crippen LogP) is 4.08. The number of hydrogen-bond donors (Lipinski definition) is 1. The van der Waals surface area contributed by atoms with Crippen LogP contribution in [0.3, 0.4) is 0 Å². The normalized spacial score (nSPS) is 15.2. The zero-order valence-corrected chi connectivity index (χ0v) is 16.4. The van der Waals surface area contributed by atoms with Crippen LogP contribution in [0.5, 0.6) is 11.5 Å². The molecule has 0 bridgehead atoms. The fraction of sp³-hybridized carbons (Fsp3) is 0.429. The molecule has 7 heteroatoms. The van der Waals surface area contributed by atoms with Gasteiger partial charge >= 0.3 is 0 Å². The van der Waals surface area contributed by atoms with Gasteiger partial charge in [0, 0.05) is 37.8 Å². The molecule has 1 fully saturated rings. The summed E-state index contributed by atoms with van der Waals surface area (Å²) in [5, 5.41) is 14.5. The fourth-order valence-corrected chi connectivity index (χ4v) is 3.49. The van der Waals surface area contributed by atoms with Gasteiger partial charge in [-0.05, 0) is 43.5 Å². The molecule has 0 saturated carbocycles. The van der Waals surface area contributed by atoms with Crippen LogP contribution >= 0.6 is 0 Å². The predicted molar refractivity (Wildman–Crippen MR) is 109 cm³/mol. The summed E-state index contributed by atoms with van der Waals surface area (Å²) in [6, 6.07) is 13.2. The lowest BCUT2D eigenvalue weighted by Gasteiger charge is -2.33. The molecule has 0 spiro atoms. The molecule has 28 heavy (non-hydrogen) atoms. The second kappa shape index (κ2) is 9.41. The van der Waals surface area contributed by atoms with Crippen molar-refractivity contribution in [3.05, 3.63) is 58.1 Å². The number of rotatable bonds is 8. The maximum Gasteiger partial charge on any atom is 0.271 e. The van der Waals surface area contributed by atoms with Crippen LogP contribution in [0.1, 0.15) is 25.3 Å². The first-order valence-corrected chi connectivity index (χ1v) is 9.62. The smallest absolute Gasteiger partial charge is 0.271 e. The summed E-state index contributed by atoms with van der Waals surface area (Å²) in [7, 11) is 1.58. The van der Waals surface area contributed by atoms with Crippen LogP contribution in [0.4, 0.5) is 11.4 Å². The molecule has 0 amide bonds. The van der Waals surface area contributed by atoms with Crippen molar-refractivity contribution < 1.29 is 14.4 Å². The third kappa shape index (κ3) is 5.13. The van der Waals surface area contributed by atoms with Crippen LogP contribution in [0, 0.1) is 10.1 Å². The Morgan fingerprint density at radius 2 is 1.89 bits per heavy atom. The lowest BCUT2D eigenvalue weighted by atomic mass is 10.0. The van der Waals surface area contributed by atoms with E-state index in [4.69, 9.17) is 9.47 Å². The van der Waals surface area contributed by atoms with Gasteiger partial charge in [-0.1, -0.05) is 12.1 Å². The molecule has 2 aromatic carbocycles. The van der Waals surface area contributed by atoms with Gasteiger partial charge in [0.2, 0.25) is 0 Å². The lowest BCUT2D eigenvalue weighted by Crippen LogP contribution is -2.38. The Morgan fingerprint density at radius 1 is 1.18 bits per heavy atom. The van der Waals surface area contributed by atoms with Gasteiger partial charge in [0.15, 0.2) is 0 Å². The summed E-state index contributed by atoms with van der Waals surface area (Å²) >= 11 is 0. The second-order valence-electron chi connectivity index (χ2n) is 6.91. The number of ether oxygens (including phenoxy) is 2. The summed E-state index contributed by atoms with van der Waals surface area (Å²) < 4.78 is 10.8. The molecule has 0 aromatic heterocycles. The molecule has 3 rings (SSSR count). The fourth-order valence-electron chi connectivity index (χ4n) is 3.49. The Hall–Kier alpha value is -2.80. The number of benzene rings is 2. The Morgan fingerprint density at radius 3 is 2.50 bits per heavy atom. The van der Waals surface area contributed by atoms with E-state index >= 15 is 0 Å². The number of non-ortho nitro benzene ring substituents is 1. The molecule has 0 unspecified atom stereocenters. The van der Waals surface area contributed by atoms with E-state index in [2.05, 4.69) is 22.3 Å². The van der Waals surface area contributed by atoms with Crippen molar-refractivity contribution in [2.24, 2.45) is 0 Å². The number of piperidine rings is 1.